The van der Waals surface area contributed by atoms with Crippen LogP contribution in [0.25, 0.3) is 11.3 Å². The molecule has 2 N–H and O–H groups in total. The van der Waals surface area contributed by atoms with Crippen molar-refractivity contribution in [2.24, 2.45) is 5.73 Å². The summed E-state index contributed by atoms with van der Waals surface area (Å²) in [6.07, 6.45) is 1.69. The van der Waals surface area contributed by atoms with Gasteiger partial charge in [-0.3, -0.25) is 0 Å². The lowest BCUT2D eigenvalue weighted by atomic mass is 10.1. The van der Waals surface area contributed by atoms with Crippen LogP contribution in [-0.4, -0.2) is 23.1 Å². The number of benzene rings is 1. The highest BCUT2D eigenvalue weighted by molar-refractivity contribution is 5.63. The fourth-order valence-electron chi connectivity index (χ4n) is 2.36. The Bertz CT molecular complexity index is 610. The third-order valence-corrected chi connectivity index (χ3v) is 3.25. The van der Waals surface area contributed by atoms with Crippen molar-refractivity contribution in [3.8, 4) is 17.0 Å². The zero-order valence-corrected chi connectivity index (χ0v) is 11.0. The summed E-state index contributed by atoms with van der Waals surface area (Å²) in [4.78, 5) is 8.99. The molecule has 0 radical (unpaired) electrons. The summed E-state index contributed by atoms with van der Waals surface area (Å²) in [5, 5.41) is 0. The molecule has 0 saturated heterocycles. The maximum atomic E-state index is 5.58. The number of fused-ring (bicyclic) bond motifs is 1. The molecule has 4 heteroatoms. The largest absolute Gasteiger partial charge is 0.493 e. The quantitative estimate of drug-likeness (QED) is 0.909. The van der Waals surface area contributed by atoms with Gasteiger partial charge in [0.25, 0.3) is 0 Å². The van der Waals surface area contributed by atoms with E-state index in [1.807, 2.05) is 19.1 Å². The normalized spacial score (nSPS) is 13.2. The van der Waals surface area contributed by atoms with Crippen LogP contribution < -0.4 is 10.5 Å². The number of aromatic nitrogens is 2. The van der Waals surface area contributed by atoms with E-state index >= 15 is 0 Å². The molecule has 0 amide bonds. The third kappa shape index (κ3) is 2.44. The van der Waals surface area contributed by atoms with E-state index in [4.69, 9.17) is 10.5 Å². The molecule has 0 saturated carbocycles. The molecule has 98 valence electrons. The summed E-state index contributed by atoms with van der Waals surface area (Å²) in [5.74, 6) is 1.81. The molecule has 1 aromatic carbocycles. The molecule has 4 nitrogen and oxygen atoms in total. The number of nitrogens with zero attached hydrogens (tertiary/aromatic N) is 2. The highest BCUT2D eigenvalue weighted by Gasteiger charge is 2.13. The minimum atomic E-state index is 0.570. The molecular weight excluding hydrogens is 238 g/mol. The lowest BCUT2D eigenvalue weighted by molar-refractivity contribution is 0.357. The molecule has 0 aliphatic carbocycles. The summed E-state index contributed by atoms with van der Waals surface area (Å²) in [7, 11) is 0. The van der Waals surface area contributed by atoms with E-state index < -0.39 is 0 Å². The summed E-state index contributed by atoms with van der Waals surface area (Å²) in [6, 6.07) is 8.25. The van der Waals surface area contributed by atoms with Crippen molar-refractivity contribution >= 4 is 0 Å². The molecule has 0 spiro atoms. The molecule has 1 aliphatic rings. The Balaban J connectivity index is 2.01. The van der Waals surface area contributed by atoms with Crippen molar-refractivity contribution < 1.29 is 4.74 Å². The minimum absolute atomic E-state index is 0.570. The molecule has 19 heavy (non-hydrogen) atoms. The van der Waals surface area contributed by atoms with Gasteiger partial charge in [0.2, 0.25) is 0 Å². The lowest BCUT2D eigenvalue weighted by Crippen LogP contribution is -2.07. The van der Waals surface area contributed by atoms with Gasteiger partial charge in [0.05, 0.1) is 12.3 Å². The zero-order valence-electron chi connectivity index (χ0n) is 11.0. The first-order valence-corrected chi connectivity index (χ1v) is 6.57. The number of nitrogens with two attached hydrogens (primary N) is 1. The number of rotatable bonds is 3. The number of ether oxygens (including phenoxy) is 1. The van der Waals surface area contributed by atoms with E-state index in [0.717, 1.165) is 41.6 Å². The van der Waals surface area contributed by atoms with Crippen LogP contribution in [0.2, 0.25) is 0 Å². The van der Waals surface area contributed by atoms with Gasteiger partial charge in [0.15, 0.2) is 0 Å². The van der Waals surface area contributed by atoms with E-state index in [1.165, 1.54) is 5.56 Å². The number of hydrogen-bond acceptors (Lipinski definition) is 4. The Morgan fingerprint density at radius 1 is 1.26 bits per heavy atom. The first kappa shape index (κ1) is 12.1. The SMILES string of the molecule is Cc1cc(-c2ccc3c(c2)CCO3)nc(CCN)n1. The van der Waals surface area contributed by atoms with E-state index in [0.29, 0.717) is 13.0 Å². The Labute approximate surface area is 112 Å². The predicted octanol–water partition coefficient (Wildman–Crippen LogP) is 1.89. The van der Waals surface area contributed by atoms with Crippen LogP contribution in [0.4, 0.5) is 0 Å². The Morgan fingerprint density at radius 3 is 3.00 bits per heavy atom. The van der Waals surface area contributed by atoms with E-state index in [2.05, 4.69) is 22.1 Å². The van der Waals surface area contributed by atoms with Crippen LogP contribution in [0.15, 0.2) is 24.3 Å². The second-order valence-corrected chi connectivity index (χ2v) is 4.77. The molecule has 0 unspecified atom stereocenters. The summed E-state index contributed by atoms with van der Waals surface area (Å²) in [5.41, 5.74) is 9.89. The smallest absolute Gasteiger partial charge is 0.130 e. The van der Waals surface area contributed by atoms with E-state index in [-0.39, 0.29) is 0 Å². The van der Waals surface area contributed by atoms with Crippen LogP contribution in [-0.2, 0) is 12.8 Å². The molecule has 3 rings (SSSR count). The molecule has 2 heterocycles. The molecule has 1 aromatic heterocycles. The second-order valence-electron chi connectivity index (χ2n) is 4.77. The second kappa shape index (κ2) is 4.97. The summed E-state index contributed by atoms with van der Waals surface area (Å²) in [6.45, 7) is 3.34. The third-order valence-electron chi connectivity index (χ3n) is 3.25. The molecule has 0 bridgehead atoms. The molecule has 0 atom stereocenters. The maximum absolute atomic E-state index is 5.58. The van der Waals surface area contributed by atoms with E-state index in [1.54, 1.807) is 0 Å². The van der Waals surface area contributed by atoms with Gasteiger partial charge in [0.1, 0.15) is 11.6 Å². The molecule has 2 aromatic rings. The van der Waals surface area contributed by atoms with Gasteiger partial charge in [-0.1, -0.05) is 0 Å². The van der Waals surface area contributed by atoms with Crippen LogP contribution in [0.3, 0.4) is 0 Å². The van der Waals surface area contributed by atoms with Crippen molar-refractivity contribution in [3.05, 3.63) is 41.3 Å². The minimum Gasteiger partial charge on any atom is -0.493 e. The van der Waals surface area contributed by atoms with Gasteiger partial charge in [-0.05, 0) is 43.3 Å². The van der Waals surface area contributed by atoms with Gasteiger partial charge in [-0.15, -0.1) is 0 Å². The van der Waals surface area contributed by atoms with Crippen molar-refractivity contribution in [1.82, 2.24) is 9.97 Å². The first-order valence-electron chi connectivity index (χ1n) is 6.57. The van der Waals surface area contributed by atoms with Crippen LogP contribution in [0, 0.1) is 6.92 Å². The van der Waals surface area contributed by atoms with Crippen LogP contribution in [0.1, 0.15) is 17.1 Å². The highest BCUT2D eigenvalue weighted by atomic mass is 16.5. The first-order chi connectivity index (χ1) is 9.26. The van der Waals surface area contributed by atoms with Crippen LogP contribution >= 0.6 is 0 Å². The van der Waals surface area contributed by atoms with Crippen molar-refractivity contribution in [2.75, 3.05) is 13.2 Å². The fourth-order valence-corrected chi connectivity index (χ4v) is 2.36. The summed E-state index contributed by atoms with van der Waals surface area (Å²) >= 11 is 0. The van der Waals surface area contributed by atoms with Gasteiger partial charge < -0.3 is 10.5 Å². The Kier molecular flexibility index (Phi) is 3.17. The zero-order chi connectivity index (χ0) is 13.2. The molecular formula is C15H17N3O. The number of aryl methyl sites for hydroxylation is 1. The van der Waals surface area contributed by atoms with Crippen molar-refractivity contribution in [1.29, 1.82) is 0 Å². The average molecular weight is 255 g/mol. The standard InChI is InChI=1S/C15H17N3O/c1-10-8-13(18-15(17-10)4-6-16)11-2-3-14-12(9-11)5-7-19-14/h2-3,8-9H,4-7,16H2,1H3. The average Bonchev–Trinajstić information content (AvgIpc) is 2.85. The van der Waals surface area contributed by atoms with Gasteiger partial charge in [-0.2, -0.15) is 0 Å². The summed E-state index contributed by atoms with van der Waals surface area (Å²) < 4.78 is 5.53. The highest BCUT2D eigenvalue weighted by Crippen LogP contribution is 2.29. The van der Waals surface area contributed by atoms with Crippen LogP contribution in [0.5, 0.6) is 5.75 Å². The number of hydrogen-bond donors (Lipinski definition) is 1. The molecule has 1 aliphatic heterocycles. The molecule has 0 fully saturated rings. The Hall–Kier alpha value is -1.94. The fraction of sp³-hybridized carbons (Fsp3) is 0.333. The van der Waals surface area contributed by atoms with Gasteiger partial charge >= 0.3 is 0 Å². The monoisotopic (exact) mass is 255 g/mol. The van der Waals surface area contributed by atoms with Gasteiger partial charge in [-0.25, -0.2) is 9.97 Å². The van der Waals surface area contributed by atoms with Crippen molar-refractivity contribution in [2.45, 2.75) is 19.8 Å². The van der Waals surface area contributed by atoms with E-state index in [9.17, 15) is 0 Å². The van der Waals surface area contributed by atoms with Gasteiger partial charge in [0, 0.05) is 24.1 Å². The topological polar surface area (TPSA) is 61.0 Å². The predicted molar refractivity (Wildman–Crippen MR) is 74.2 cm³/mol. The maximum Gasteiger partial charge on any atom is 0.130 e. The Morgan fingerprint density at radius 2 is 2.16 bits per heavy atom. The van der Waals surface area contributed by atoms with Crippen molar-refractivity contribution in [3.63, 3.8) is 0 Å². The lowest BCUT2D eigenvalue weighted by Gasteiger charge is -2.07.